The number of phenols is 1. The summed E-state index contributed by atoms with van der Waals surface area (Å²) in [4.78, 5) is 0. The SMILES string of the molecule is CNCc1cc2ccccc2cc1O. The third-order valence-corrected chi connectivity index (χ3v) is 2.31. The maximum Gasteiger partial charge on any atom is 0.120 e. The number of fused-ring (bicyclic) bond motifs is 1. The van der Waals surface area contributed by atoms with Crippen molar-refractivity contribution < 1.29 is 5.11 Å². The van der Waals surface area contributed by atoms with Crippen molar-refractivity contribution in [2.45, 2.75) is 6.54 Å². The molecule has 2 nitrogen and oxygen atoms in total. The lowest BCUT2D eigenvalue weighted by atomic mass is 10.1. The molecule has 2 aromatic rings. The average Bonchev–Trinajstić information content (AvgIpc) is 2.19. The van der Waals surface area contributed by atoms with E-state index in [9.17, 15) is 5.11 Å². The second kappa shape index (κ2) is 3.68. The van der Waals surface area contributed by atoms with Crippen LogP contribution in [-0.4, -0.2) is 12.2 Å². The minimum atomic E-state index is 0.359. The fraction of sp³-hybridized carbons (Fsp3) is 0.167. The number of hydrogen-bond acceptors (Lipinski definition) is 2. The van der Waals surface area contributed by atoms with Crippen LogP contribution in [0.1, 0.15) is 5.56 Å². The first-order valence-corrected chi connectivity index (χ1v) is 4.66. The highest BCUT2D eigenvalue weighted by molar-refractivity contribution is 5.84. The highest BCUT2D eigenvalue weighted by Gasteiger charge is 2.01. The molecule has 2 aromatic carbocycles. The summed E-state index contributed by atoms with van der Waals surface area (Å²) in [6, 6.07) is 11.8. The maximum atomic E-state index is 9.70. The molecule has 0 aliphatic heterocycles. The van der Waals surface area contributed by atoms with Crippen LogP contribution in [-0.2, 0) is 6.54 Å². The molecule has 0 aromatic heterocycles. The summed E-state index contributed by atoms with van der Waals surface area (Å²) in [5, 5.41) is 15.0. The van der Waals surface area contributed by atoms with Crippen molar-refractivity contribution in [3.05, 3.63) is 42.0 Å². The van der Waals surface area contributed by atoms with Gasteiger partial charge in [0.2, 0.25) is 0 Å². The Morgan fingerprint density at radius 2 is 1.79 bits per heavy atom. The van der Waals surface area contributed by atoms with Gasteiger partial charge in [-0.2, -0.15) is 0 Å². The van der Waals surface area contributed by atoms with Crippen LogP contribution >= 0.6 is 0 Å². The van der Waals surface area contributed by atoms with E-state index in [1.165, 1.54) is 0 Å². The standard InChI is InChI=1S/C12H13NO/c1-13-8-11-6-9-4-2-3-5-10(9)7-12(11)14/h2-7,13-14H,8H2,1H3. The van der Waals surface area contributed by atoms with Gasteiger partial charge in [-0.3, -0.25) is 0 Å². The molecule has 0 aliphatic carbocycles. The van der Waals surface area contributed by atoms with Crippen molar-refractivity contribution in [3.8, 4) is 5.75 Å². The first kappa shape index (κ1) is 9.03. The molecule has 0 amide bonds. The first-order valence-electron chi connectivity index (χ1n) is 4.66. The number of nitrogens with one attached hydrogen (secondary N) is 1. The number of hydrogen-bond donors (Lipinski definition) is 2. The van der Waals surface area contributed by atoms with Crippen LogP contribution in [0.15, 0.2) is 36.4 Å². The Kier molecular flexibility index (Phi) is 2.37. The zero-order valence-corrected chi connectivity index (χ0v) is 8.12. The fourth-order valence-electron chi connectivity index (χ4n) is 1.61. The predicted molar refractivity (Wildman–Crippen MR) is 58.4 cm³/mol. The monoisotopic (exact) mass is 187 g/mol. The van der Waals surface area contributed by atoms with Gasteiger partial charge < -0.3 is 10.4 Å². The van der Waals surface area contributed by atoms with Crippen LogP contribution in [0, 0.1) is 0 Å². The third-order valence-electron chi connectivity index (χ3n) is 2.31. The number of aromatic hydroxyl groups is 1. The molecule has 0 bridgehead atoms. The molecule has 14 heavy (non-hydrogen) atoms. The lowest BCUT2D eigenvalue weighted by molar-refractivity contribution is 0.467. The molecule has 0 atom stereocenters. The van der Waals surface area contributed by atoms with Gasteiger partial charge in [-0.25, -0.2) is 0 Å². The van der Waals surface area contributed by atoms with Crippen molar-refractivity contribution in [1.29, 1.82) is 0 Å². The summed E-state index contributed by atoms with van der Waals surface area (Å²) in [5.74, 6) is 0.359. The van der Waals surface area contributed by atoms with Crippen molar-refractivity contribution in [1.82, 2.24) is 5.32 Å². The minimum Gasteiger partial charge on any atom is -0.508 e. The zero-order chi connectivity index (χ0) is 9.97. The van der Waals surface area contributed by atoms with Crippen LogP contribution in [0.4, 0.5) is 0 Å². The molecule has 2 N–H and O–H groups in total. The highest BCUT2D eigenvalue weighted by Crippen LogP contribution is 2.24. The Hall–Kier alpha value is -1.54. The van der Waals surface area contributed by atoms with E-state index in [1.807, 2.05) is 43.4 Å². The number of phenolic OH excluding ortho intramolecular Hbond substituents is 1. The molecule has 0 saturated heterocycles. The van der Waals surface area contributed by atoms with E-state index in [4.69, 9.17) is 0 Å². The molecular weight excluding hydrogens is 174 g/mol. The smallest absolute Gasteiger partial charge is 0.120 e. The van der Waals surface area contributed by atoms with Crippen LogP contribution in [0.25, 0.3) is 10.8 Å². The molecular formula is C12H13NO. The lowest BCUT2D eigenvalue weighted by Crippen LogP contribution is -2.04. The zero-order valence-electron chi connectivity index (χ0n) is 8.12. The summed E-state index contributed by atoms with van der Waals surface area (Å²) in [6.45, 7) is 0.691. The van der Waals surface area contributed by atoms with Crippen molar-refractivity contribution in [2.24, 2.45) is 0 Å². The van der Waals surface area contributed by atoms with E-state index in [2.05, 4.69) is 5.32 Å². The average molecular weight is 187 g/mol. The van der Waals surface area contributed by atoms with Gasteiger partial charge in [0.1, 0.15) is 5.75 Å². The Balaban J connectivity index is 2.59. The molecule has 2 heteroatoms. The Morgan fingerprint density at radius 3 is 2.43 bits per heavy atom. The highest BCUT2D eigenvalue weighted by atomic mass is 16.3. The largest absolute Gasteiger partial charge is 0.508 e. The van der Waals surface area contributed by atoms with Crippen LogP contribution in [0.3, 0.4) is 0 Å². The molecule has 0 radical (unpaired) electrons. The summed E-state index contributed by atoms with van der Waals surface area (Å²) >= 11 is 0. The van der Waals surface area contributed by atoms with E-state index < -0.39 is 0 Å². The Bertz CT molecular complexity index is 451. The van der Waals surface area contributed by atoms with Crippen LogP contribution < -0.4 is 5.32 Å². The van der Waals surface area contributed by atoms with Gasteiger partial charge in [0, 0.05) is 12.1 Å². The van der Waals surface area contributed by atoms with Gasteiger partial charge in [-0.1, -0.05) is 24.3 Å². The minimum absolute atomic E-state index is 0.359. The molecule has 72 valence electrons. The molecule has 0 aliphatic rings. The Labute approximate surface area is 83.2 Å². The first-order chi connectivity index (χ1) is 6.81. The second-order valence-electron chi connectivity index (χ2n) is 3.36. The molecule has 2 rings (SSSR count). The topological polar surface area (TPSA) is 32.3 Å². The molecule has 0 fully saturated rings. The van der Waals surface area contributed by atoms with E-state index in [-0.39, 0.29) is 0 Å². The van der Waals surface area contributed by atoms with Gasteiger partial charge in [-0.05, 0) is 30.0 Å². The summed E-state index contributed by atoms with van der Waals surface area (Å²) in [7, 11) is 1.87. The van der Waals surface area contributed by atoms with E-state index >= 15 is 0 Å². The van der Waals surface area contributed by atoms with E-state index in [0.29, 0.717) is 12.3 Å². The van der Waals surface area contributed by atoms with Crippen LogP contribution in [0.2, 0.25) is 0 Å². The number of rotatable bonds is 2. The van der Waals surface area contributed by atoms with Gasteiger partial charge in [-0.15, -0.1) is 0 Å². The van der Waals surface area contributed by atoms with Gasteiger partial charge >= 0.3 is 0 Å². The molecule has 0 heterocycles. The maximum absolute atomic E-state index is 9.70. The molecule has 0 unspecified atom stereocenters. The van der Waals surface area contributed by atoms with Crippen LogP contribution in [0.5, 0.6) is 5.75 Å². The van der Waals surface area contributed by atoms with Crippen molar-refractivity contribution in [2.75, 3.05) is 7.05 Å². The summed E-state index contributed by atoms with van der Waals surface area (Å²) < 4.78 is 0. The normalized spacial score (nSPS) is 10.6. The third kappa shape index (κ3) is 1.56. The van der Waals surface area contributed by atoms with E-state index in [1.54, 1.807) is 0 Å². The van der Waals surface area contributed by atoms with Gasteiger partial charge in [0.25, 0.3) is 0 Å². The lowest BCUT2D eigenvalue weighted by Gasteiger charge is -2.05. The summed E-state index contributed by atoms with van der Waals surface area (Å²) in [6.07, 6.45) is 0. The number of benzene rings is 2. The van der Waals surface area contributed by atoms with Gasteiger partial charge in [0.05, 0.1) is 0 Å². The van der Waals surface area contributed by atoms with Crippen molar-refractivity contribution in [3.63, 3.8) is 0 Å². The quantitative estimate of drug-likeness (QED) is 0.755. The van der Waals surface area contributed by atoms with Crippen molar-refractivity contribution >= 4 is 10.8 Å². The predicted octanol–water partition coefficient (Wildman–Crippen LogP) is 2.26. The molecule has 0 spiro atoms. The Morgan fingerprint density at radius 1 is 1.14 bits per heavy atom. The fourth-order valence-corrected chi connectivity index (χ4v) is 1.61. The second-order valence-corrected chi connectivity index (χ2v) is 3.36. The summed E-state index contributed by atoms with van der Waals surface area (Å²) in [5.41, 5.74) is 0.936. The molecule has 0 saturated carbocycles. The van der Waals surface area contributed by atoms with E-state index in [0.717, 1.165) is 16.3 Å². The van der Waals surface area contributed by atoms with Gasteiger partial charge in [0.15, 0.2) is 0 Å².